The summed E-state index contributed by atoms with van der Waals surface area (Å²) >= 11 is 0. The lowest BCUT2D eigenvalue weighted by atomic mass is 9.86. The zero-order valence-electron chi connectivity index (χ0n) is 11.1. The predicted octanol–water partition coefficient (Wildman–Crippen LogP) is 2.10. The number of hydrogen-bond acceptors (Lipinski definition) is 3. The predicted molar refractivity (Wildman–Crippen MR) is 67.9 cm³/mol. The minimum atomic E-state index is -0.216. The third-order valence-corrected chi connectivity index (χ3v) is 3.61. The normalized spacial score (nSPS) is 23.9. The number of carbonyl (C=O) groups is 1. The minimum absolute atomic E-state index is 0.0643. The number of aliphatic hydroxyl groups excluding tert-OH is 1. The molecule has 1 fully saturated rings. The Hall–Kier alpha value is -1.29. The molecule has 0 bridgehead atoms. The van der Waals surface area contributed by atoms with Gasteiger partial charge in [0.15, 0.2) is 0 Å². The van der Waals surface area contributed by atoms with Crippen molar-refractivity contribution in [2.45, 2.75) is 45.3 Å². The second-order valence-electron chi connectivity index (χ2n) is 5.21. The average molecular weight is 251 g/mol. The van der Waals surface area contributed by atoms with E-state index in [0.29, 0.717) is 6.54 Å². The molecular formula is C14H21NO3. The van der Waals surface area contributed by atoms with E-state index in [2.05, 4.69) is 0 Å². The monoisotopic (exact) mass is 251 g/mol. The van der Waals surface area contributed by atoms with Gasteiger partial charge in [0.25, 0.3) is 0 Å². The molecular weight excluding hydrogens is 230 g/mol. The van der Waals surface area contributed by atoms with Crippen LogP contribution >= 0.6 is 0 Å². The van der Waals surface area contributed by atoms with Crippen LogP contribution in [0, 0.1) is 12.8 Å². The standard InChI is InChI=1S/C14H21NO3/c1-10-3-8-13(18-10)9-15(2)14(17)11-4-6-12(16)7-5-11/h3,8,11-12,16H,4-7,9H2,1-2H3. The highest BCUT2D eigenvalue weighted by Crippen LogP contribution is 2.26. The number of nitrogens with zero attached hydrogens (tertiary/aromatic N) is 1. The summed E-state index contributed by atoms with van der Waals surface area (Å²) in [5.41, 5.74) is 0. The topological polar surface area (TPSA) is 53.7 Å². The first-order valence-electron chi connectivity index (χ1n) is 6.54. The zero-order chi connectivity index (χ0) is 13.1. The maximum absolute atomic E-state index is 12.2. The molecule has 1 aromatic rings. The largest absolute Gasteiger partial charge is 0.464 e. The van der Waals surface area contributed by atoms with Gasteiger partial charge in [-0.2, -0.15) is 0 Å². The summed E-state index contributed by atoms with van der Waals surface area (Å²) in [5, 5.41) is 9.45. The molecule has 0 aliphatic heterocycles. The van der Waals surface area contributed by atoms with E-state index in [1.165, 1.54) is 0 Å². The number of furan rings is 1. The number of aryl methyl sites for hydroxylation is 1. The molecule has 1 saturated carbocycles. The van der Waals surface area contributed by atoms with Crippen LogP contribution in [-0.4, -0.2) is 29.1 Å². The summed E-state index contributed by atoms with van der Waals surface area (Å²) in [6.07, 6.45) is 2.85. The SMILES string of the molecule is Cc1ccc(CN(C)C(=O)C2CCC(O)CC2)o1. The van der Waals surface area contributed by atoms with Crippen LogP contribution in [0.5, 0.6) is 0 Å². The molecule has 100 valence electrons. The fourth-order valence-electron chi connectivity index (χ4n) is 2.52. The van der Waals surface area contributed by atoms with Crippen molar-refractivity contribution in [1.29, 1.82) is 0 Å². The molecule has 1 aliphatic carbocycles. The molecule has 2 rings (SSSR count). The van der Waals surface area contributed by atoms with Gasteiger partial charge in [0.2, 0.25) is 5.91 Å². The Bertz CT molecular complexity index is 405. The molecule has 1 aromatic heterocycles. The molecule has 1 amide bonds. The molecule has 1 aliphatic rings. The van der Waals surface area contributed by atoms with Crippen LogP contribution < -0.4 is 0 Å². The van der Waals surface area contributed by atoms with E-state index in [0.717, 1.165) is 37.2 Å². The first kappa shape index (κ1) is 13.1. The Morgan fingerprint density at radius 3 is 2.61 bits per heavy atom. The fourth-order valence-corrected chi connectivity index (χ4v) is 2.52. The molecule has 18 heavy (non-hydrogen) atoms. The quantitative estimate of drug-likeness (QED) is 0.895. The molecule has 0 saturated heterocycles. The molecule has 4 nitrogen and oxygen atoms in total. The number of aliphatic hydroxyl groups is 1. The van der Waals surface area contributed by atoms with Gasteiger partial charge < -0.3 is 14.4 Å². The average Bonchev–Trinajstić information content (AvgIpc) is 2.75. The van der Waals surface area contributed by atoms with Crippen molar-refractivity contribution >= 4 is 5.91 Å². The van der Waals surface area contributed by atoms with E-state index in [1.807, 2.05) is 26.1 Å². The molecule has 0 aromatic carbocycles. The number of carbonyl (C=O) groups excluding carboxylic acids is 1. The smallest absolute Gasteiger partial charge is 0.225 e. The van der Waals surface area contributed by atoms with Crippen LogP contribution in [0.15, 0.2) is 16.5 Å². The molecule has 1 heterocycles. The zero-order valence-corrected chi connectivity index (χ0v) is 11.1. The first-order chi connectivity index (χ1) is 8.56. The highest BCUT2D eigenvalue weighted by atomic mass is 16.3. The summed E-state index contributed by atoms with van der Waals surface area (Å²) in [4.78, 5) is 13.9. The van der Waals surface area contributed by atoms with Crippen molar-refractivity contribution in [3.05, 3.63) is 23.7 Å². The Morgan fingerprint density at radius 1 is 1.39 bits per heavy atom. The van der Waals surface area contributed by atoms with Crippen molar-refractivity contribution in [2.24, 2.45) is 5.92 Å². The van der Waals surface area contributed by atoms with Gasteiger partial charge in [-0.1, -0.05) is 0 Å². The molecule has 4 heteroatoms. The lowest BCUT2D eigenvalue weighted by Crippen LogP contribution is -2.35. The minimum Gasteiger partial charge on any atom is -0.464 e. The van der Waals surface area contributed by atoms with Crippen LogP contribution in [0.4, 0.5) is 0 Å². The lowest BCUT2D eigenvalue weighted by molar-refractivity contribution is -0.136. The molecule has 1 N–H and O–H groups in total. The Kier molecular flexibility index (Phi) is 4.07. The van der Waals surface area contributed by atoms with Crippen molar-refractivity contribution in [1.82, 2.24) is 4.90 Å². The highest BCUT2D eigenvalue weighted by molar-refractivity contribution is 5.78. The van der Waals surface area contributed by atoms with E-state index in [-0.39, 0.29) is 17.9 Å². The van der Waals surface area contributed by atoms with Gasteiger partial charge in [0.1, 0.15) is 11.5 Å². The van der Waals surface area contributed by atoms with Crippen molar-refractivity contribution in [2.75, 3.05) is 7.05 Å². The van der Waals surface area contributed by atoms with E-state index in [9.17, 15) is 9.90 Å². The van der Waals surface area contributed by atoms with E-state index in [1.54, 1.807) is 4.90 Å². The van der Waals surface area contributed by atoms with E-state index < -0.39 is 0 Å². The maximum atomic E-state index is 12.2. The third kappa shape index (κ3) is 3.13. The van der Waals surface area contributed by atoms with Gasteiger partial charge >= 0.3 is 0 Å². The molecule has 0 atom stereocenters. The maximum Gasteiger partial charge on any atom is 0.225 e. The summed E-state index contributed by atoms with van der Waals surface area (Å²) in [5.74, 6) is 1.91. The molecule has 0 spiro atoms. The van der Waals surface area contributed by atoms with E-state index in [4.69, 9.17) is 4.42 Å². The second kappa shape index (κ2) is 5.57. The molecule has 0 unspecified atom stereocenters. The number of hydrogen-bond donors (Lipinski definition) is 1. The van der Waals surface area contributed by atoms with Gasteiger partial charge in [-0.05, 0) is 44.7 Å². The highest BCUT2D eigenvalue weighted by Gasteiger charge is 2.27. The lowest BCUT2D eigenvalue weighted by Gasteiger charge is -2.28. The van der Waals surface area contributed by atoms with Crippen molar-refractivity contribution < 1.29 is 14.3 Å². The van der Waals surface area contributed by atoms with Crippen LogP contribution in [0.25, 0.3) is 0 Å². The first-order valence-corrected chi connectivity index (χ1v) is 6.54. The number of rotatable bonds is 3. The van der Waals surface area contributed by atoms with E-state index >= 15 is 0 Å². The van der Waals surface area contributed by atoms with Crippen LogP contribution in [0.2, 0.25) is 0 Å². The number of amides is 1. The summed E-state index contributed by atoms with van der Waals surface area (Å²) in [7, 11) is 1.81. The summed E-state index contributed by atoms with van der Waals surface area (Å²) in [6.45, 7) is 2.42. The van der Waals surface area contributed by atoms with Gasteiger partial charge in [-0.15, -0.1) is 0 Å². The van der Waals surface area contributed by atoms with Gasteiger partial charge in [-0.3, -0.25) is 4.79 Å². The summed E-state index contributed by atoms with van der Waals surface area (Å²) < 4.78 is 5.47. The van der Waals surface area contributed by atoms with Crippen LogP contribution in [-0.2, 0) is 11.3 Å². The fraction of sp³-hybridized carbons (Fsp3) is 0.643. The van der Waals surface area contributed by atoms with Crippen molar-refractivity contribution in [3.8, 4) is 0 Å². The van der Waals surface area contributed by atoms with Crippen molar-refractivity contribution in [3.63, 3.8) is 0 Å². The summed E-state index contributed by atoms with van der Waals surface area (Å²) in [6, 6.07) is 3.81. The van der Waals surface area contributed by atoms with Gasteiger partial charge in [0.05, 0.1) is 12.6 Å². The Labute approximate surface area is 108 Å². The second-order valence-corrected chi connectivity index (χ2v) is 5.21. The van der Waals surface area contributed by atoms with Crippen LogP contribution in [0.3, 0.4) is 0 Å². The third-order valence-electron chi connectivity index (χ3n) is 3.61. The van der Waals surface area contributed by atoms with Gasteiger partial charge in [-0.25, -0.2) is 0 Å². The van der Waals surface area contributed by atoms with Gasteiger partial charge in [0, 0.05) is 13.0 Å². The van der Waals surface area contributed by atoms with Crippen LogP contribution in [0.1, 0.15) is 37.2 Å². The Morgan fingerprint density at radius 2 is 2.06 bits per heavy atom. The molecule has 0 radical (unpaired) electrons. The Balaban J connectivity index is 1.88.